The number of aromatic nitrogens is 2. The van der Waals surface area contributed by atoms with E-state index in [1.165, 1.54) is 37.8 Å². The van der Waals surface area contributed by atoms with Crippen molar-refractivity contribution < 1.29 is 0 Å². The van der Waals surface area contributed by atoms with Crippen LogP contribution in [0.5, 0.6) is 0 Å². The topological polar surface area (TPSA) is 20.7 Å². The maximum atomic E-state index is 5.45. The molecule has 0 radical (unpaired) electrons. The van der Waals surface area contributed by atoms with Gasteiger partial charge in [-0.1, -0.05) is 52.3 Å². The van der Waals surface area contributed by atoms with Crippen molar-refractivity contribution in [1.82, 2.24) is 9.78 Å². The summed E-state index contributed by atoms with van der Waals surface area (Å²) in [7, 11) is 0. The van der Waals surface area contributed by atoms with Crippen molar-refractivity contribution in [3.05, 3.63) is 16.4 Å². The molecule has 0 saturated heterocycles. The molecule has 1 aromatic rings. The third-order valence-electron chi connectivity index (χ3n) is 3.49. The Bertz CT molecular complexity index is 402. The van der Waals surface area contributed by atoms with Gasteiger partial charge in [0.1, 0.15) is 4.64 Å². The van der Waals surface area contributed by atoms with E-state index in [0.29, 0.717) is 6.04 Å². The molecule has 1 saturated carbocycles. The molecule has 0 spiro atoms. The zero-order valence-corrected chi connectivity index (χ0v) is 11.4. The molecule has 0 bridgehead atoms. The van der Waals surface area contributed by atoms with E-state index in [1.807, 2.05) is 0 Å². The molecule has 1 aliphatic carbocycles. The second-order valence-electron chi connectivity index (χ2n) is 5.92. The summed E-state index contributed by atoms with van der Waals surface area (Å²) in [5.41, 5.74) is 1.41. The van der Waals surface area contributed by atoms with Gasteiger partial charge in [-0.2, -0.15) is 0 Å². The van der Waals surface area contributed by atoms with Crippen LogP contribution in [0.3, 0.4) is 0 Å². The Kier molecular flexibility index (Phi) is 3.24. The average Bonchev–Trinajstić information content (AvgIpc) is 2.61. The maximum Gasteiger partial charge on any atom is 0.122 e. The molecule has 2 nitrogen and oxygen atoms in total. The van der Waals surface area contributed by atoms with Gasteiger partial charge in [0.05, 0.1) is 6.04 Å². The molecule has 90 valence electrons. The van der Waals surface area contributed by atoms with Gasteiger partial charge in [-0.3, -0.25) is 4.68 Å². The van der Waals surface area contributed by atoms with Crippen molar-refractivity contribution in [1.29, 1.82) is 0 Å². The Balaban J connectivity index is 2.28. The number of rotatable bonds is 1. The molecule has 0 amide bonds. The van der Waals surface area contributed by atoms with E-state index in [1.54, 1.807) is 0 Å². The highest BCUT2D eigenvalue weighted by Crippen LogP contribution is 2.29. The highest BCUT2D eigenvalue weighted by Gasteiger charge is 2.20. The van der Waals surface area contributed by atoms with Crippen molar-refractivity contribution >= 4 is 12.2 Å². The van der Waals surface area contributed by atoms with Gasteiger partial charge in [-0.25, -0.2) is 0 Å². The fraction of sp³-hybridized carbons (Fsp3) is 0.769. The van der Waals surface area contributed by atoms with E-state index in [2.05, 4.69) is 36.6 Å². The Morgan fingerprint density at radius 1 is 1.25 bits per heavy atom. The van der Waals surface area contributed by atoms with Gasteiger partial charge in [0.15, 0.2) is 0 Å². The van der Waals surface area contributed by atoms with Gasteiger partial charge in [-0.05, 0) is 18.9 Å². The van der Waals surface area contributed by atoms with Crippen LogP contribution in [0.1, 0.15) is 64.6 Å². The van der Waals surface area contributed by atoms with Gasteiger partial charge in [0.25, 0.3) is 0 Å². The van der Waals surface area contributed by atoms with Crippen LogP contribution in [0.25, 0.3) is 0 Å². The summed E-state index contributed by atoms with van der Waals surface area (Å²) in [6.07, 6.45) is 6.63. The predicted octanol–water partition coefficient (Wildman–Crippen LogP) is 4.35. The lowest BCUT2D eigenvalue weighted by molar-refractivity contribution is 0.323. The first-order valence-electron chi connectivity index (χ1n) is 6.30. The normalized spacial score (nSPS) is 18.9. The monoisotopic (exact) mass is 238 g/mol. The molecule has 0 aromatic carbocycles. The largest absolute Gasteiger partial charge is 0.301 e. The van der Waals surface area contributed by atoms with E-state index in [0.717, 1.165) is 4.64 Å². The number of hydrogen-bond donors (Lipinski definition) is 1. The van der Waals surface area contributed by atoms with Crippen LogP contribution in [0, 0.1) is 4.64 Å². The molecule has 1 aliphatic rings. The fourth-order valence-corrected chi connectivity index (χ4v) is 2.72. The minimum Gasteiger partial charge on any atom is -0.301 e. The third-order valence-corrected chi connectivity index (χ3v) is 3.81. The summed E-state index contributed by atoms with van der Waals surface area (Å²) < 4.78 is 3.19. The smallest absolute Gasteiger partial charge is 0.122 e. The maximum absolute atomic E-state index is 5.45. The zero-order chi connectivity index (χ0) is 11.8. The SMILES string of the molecule is CC(C)(C)c1cc(=S)n(C2CCCCC2)[nH]1. The molecule has 0 aliphatic heterocycles. The molecule has 1 fully saturated rings. The van der Waals surface area contributed by atoms with Gasteiger partial charge >= 0.3 is 0 Å². The van der Waals surface area contributed by atoms with Crippen molar-refractivity contribution in [3.8, 4) is 0 Å². The summed E-state index contributed by atoms with van der Waals surface area (Å²) >= 11 is 5.45. The van der Waals surface area contributed by atoms with Crippen LogP contribution in [0.2, 0.25) is 0 Å². The average molecular weight is 238 g/mol. The van der Waals surface area contributed by atoms with Crippen molar-refractivity contribution in [2.45, 2.75) is 64.3 Å². The van der Waals surface area contributed by atoms with Gasteiger partial charge in [0.2, 0.25) is 0 Å². The van der Waals surface area contributed by atoms with Crippen LogP contribution < -0.4 is 0 Å². The summed E-state index contributed by atoms with van der Waals surface area (Å²) in [5, 5.41) is 3.50. The van der Waals surface area contributed by atoms with E-state index in [9.17, 15) is 0 Å². The fourth-order valence-electron chi connectivity index (χ4n) is 2.40. The lowest BCUT2D eigenvalue weighted by Crippen LogP contribution is -2.17. The molecule has 0 unspecified atom stereocenters. The first-order chi connectivity index (χ1) is 7.48. The molecule has 0 atom stereocenters. The minimum absolute atomic E-state index is 0.160. The Morgan fingerprint density at radius 2 is 1.88 bits per heavy atom. The molecular formula is C13H22N2S. The third kappa shape index (κ3) is 2.40. The van der Waals surface area contributed by atoms with E-state index in [-0.39, 0.29) is 5.41 Å². The quantitative estimate of drug-likeness (QED) is 0.721. The second-order valence-corrected chi connectivity index (χ2v) is 6.34. The summed E-state index contributed by atoms with van der Waals surface area (Å²) in [6, 6.07) is 2.74. The van der Waals surface area contributed by atoms with E-state index < -0.39 is 0 Å². The molecule has 1 N–H and O–H groups in total. The van der Waals surface area contributed by atoms with Crippen molar-refractivity contribution in [2.75, 3.05) is 0 Å². The minimum atomic E-state index is 0.160. The lowest BCUT2D eigenvalue weighted by atomic mass is 9.93. The summed E-state index contributed by atoms with van der Waals surface area (Å²) in [5.74, 6) is 0. The number of aromatic amines is 1. The van der Waals surface area contributed by atoms with Crippen molar-refractivity contribution in [2.24, 2.45) is 0 Å². The molecule has 1 heterocycles. The number of H-pyrrole nitrogens is 1. The first kappa shape index (κ1) is 11.9. The number of nitrogens with zero attached hydrogens (tertiary/aromatic N) is 1. The Labute approximate surface area is 103 Å². The predicted molar refractivity (Wildman–Crippen MR) is 70.4 cm³/mol. The van der Waals surface area contributed by atoms with Crippen LogP contribution >= 0.6 is 12.2 Å². The van der Waals surface area contributed by atoms with Gasteiger partial charge in [-0.15, -0.1) is 0 Å². The van der Waals surface area contributed by atoms with Gasteiger partial charge < -0.3 is 5.10 Å². The number of hydrogen-bond acceptors (Lipinski definition) is 1. The Morgan fingerprint density at radius 3 is 2.38 bits per heavy atom. The highest BCUT2D eigenvalue weighted by molar-refractivity contribution is 7.71. The van der Waals surface area contributed by atoms with Crippen molar-refractivity contribution in [3.63, 3.8) is 0 Å². The first-order valence-corrected chi connectivity index (χ1v) is 6.71. The zero-order valence-electron chi connectivity index (χ0n) is 10.5. The second kappa shape index (κ2) is 4.36. The van der Waals surface area contributed by atoms with Crippen LogP contribution in [0.4, 0.5) is 0 Å². The molecule has 2 rings (SSSR count). The molecule has 1 aromatic heterocycles. The summed E-state index contributed by atoms with van der Waals surface area (Å²) in [4.78, 5) is 0. The number of nitrogens with one attached hydrogen (secondary N) is 1. The highest BCUT2D eigenvalue weighted by atomic mass is 32.1. The molecule has 3 heteroatoms. The lowest BCUT2D eigenvalue weighted by Gasteiger charge is -2.23. The van der Waals surface area contributed by atoms with E-state index in [4.69, 9.17) is 12.2 Å². The van der Waals surface area contributed by atoms with Crippen LogP contribution in [0.15, 0.2) is 6.07 Å². The summed E-state index contributed by atoms with van der Waals surface area (Å²) in [6.45, 7) is 6.66. The standard InChI is InChI=1S/C13H22N2S/c1-13(2,3)11-9-12(16)15(14-11)10-7-5-4-6-8-10/h9-10,14H,4-8H2,1-3H3. The van der Waals surface area contributed by atoms with Crippen LogP contribution in [-0.4, -0.2) is 9.78 Å². The van der Waals surface area contributed by atoms with Crippen LogP contribution in [-0.2, 0) is 5.41 Å². The van der Waals surface area contributed by atoms with Gasteiger partial charge in [0, 0.05) is 11.1 Å². The van der Waals surface area contributed by atoms with E-state index >= 15 is 0 Å². The Hall–Kier alpha value is -0.570. The molecular weight excluding hydrogens is 216 g/mol. The molecule has 16 heavy (non-hydrogen) atoms.